The maximum Gasteiger partial charge on any atom is 0.340 e. The predicted octanol–water partition coefficient (Wildman–Crippen LogP) is 3.65. The quantitative estimate of drug-likeness (QED) is 0.478. The lowest BCUT2D eigenvalue weighted by Gasteiger charge is -2.05. The van der Waals surface area contributed by atoms with Crippen molar-refractivity contribution in [2.24, 2.45) is 0 Å². The maximum absolute atomic E-state index is 12.0. The van der Waals surface area contributed by atoms with Crippen LogP contribution in [0.5, 0.6) is 0 Å². The normalized spacial score (nSPS) is 10.7. The number of esters is 1. The number of pyridine rings is 1. The number of hydrogen-bond acceptors (Lipinski definition) is 5. The number of carbonyl (C=O) groups is 1. The number of nitrogens with zero attached hydrogens (tertiary/aromatic N) is 2. The number of nitro groups is 1. The highest BCUT2D eigenvalue weighted by Gasteiger charge is 2.17. The van der Waals surface area contributed by atoms with Crippen LogP contribution < -0.4 is 0 Å². The van der Waals surface area contributed by atoms with Gasteiger partial charge in [-0.15, -0.1) is 0 Å². The summed E-state index contributed by atoms with van der Waals surface area (Å²) in [6, 6.07) is 8.92. The van der Waals surface area contributed by atoms with Gasteiger partial charge in [0.15, 0.2) is 0 Å². The number of benzene rings is 1. The third kappa shape index (κ3) is 4.00. The standard InChI is InChI=1S/C17H16N2O4/c1-3-23-17(20)15-10-14(19(21)22)11-18-16(15)9-8-13-7-5-4-6-12(13)2/h4-11H,3H2,1-2H3/b9-8+. The van der Waals surface area contributed by atoms with Crippen molar-refractivity contribution in [2.45, 2.75) is 13.8 Å². The van der Waals surface area contributed by atoms with Gasteiger partial charge >= 0.3 is 5.97 Å². The van der Waals surface area contributed by atoms with Gasteiger partial charge in [0.2, 0.25) is 0 Å². The molecule has 0 atom stereocenters. The average molecular weight is 312 g/mol. The Hall–Kier alpha value is -3.02. The van der Waals surface area contributed by atoms with Crippen LogP contribution in [-0.2, 0) is 4.74 Å². The van der Waals surface area contributed by atoms with E-state index in [1.807, 2.05) is 37.3 Å². The summed E-state index contributed by atoms with van der Waals surface area (Å²) in [6.45, 7) is 3.82. The summed E-state index contributed by atoms with van der Waals surface area (Å²) in [4.78, 5) is 26.3. The topological polar surface area (TPSA) is 82.3 Å². The minimum Gasteiger partial charge on any atom is -0.462 e. The van der Waals surface area contributed by atoms with Crippen molar-refractivity contribution in [3.8, 4) is 0 Å². The zero-order valence-electron chi connectivity index (χ0n) is 12.9. The number of aryl methyl sites for hydroxylation is 1. The molecule has 1 heterocycles. The van der Waals surface area contributed by atoms with Crippen molar-refractivity contribution in [1.82, 2.24) is 4.98 Å². The van der Waals surface area contributed by atoms with E-state index in [0.717, 1.165) is 17.3 Å². The monoisotopic (exact) mass is 312 g/mol. The van der Waals surface area contributed by atoms with Gasteiger partial charge in [0.05, 0.1) is 22.8 Å². The van der Waals surface area contributed by atoms with Gasteiger partial charge in [-0.1, -0.05) is 30.3 Å². The Balaban J connectivity index is 2.43. The Bertz CT molecular complexity index is 769. The molecule has 2 rings (SSSR count). The average Bonchev–Trinajstić information content (AvgIpc) is 2.54. The number of ether oxygens (including phenoxy) is 1. The molecule has 23 heavy (non-hydrogen) atoms. The molecule has 1 aromatic carbocycles. The van der Waals surface area contributed by atoms with Crippen molar-refractivity contribution in [3.63, 3.8) is 0 Å². The highest BCUT2D eigenvalue weighted by atomic mass is 16.6. The molecule has 6 heteroatoms. The van der Waals surface area contributed by atoms with Crippen molar-refractivity contribution in [3.05, 3.63) is 69.0 Å². The van der Waals surface area contributed by atoms with Gasteiger partial charge in [-0.3, -0.25) is 10.1 Å². The number of hydrogen-bond donors (Lipinski definition) is 0. The SMILES string of the molecule is CCOC(=O)c1cc([N+](=O)[O-])cnc1/C=C/c1ccccc1C. The van der Waals surface area contributed by atoms with Crippen LogP contribution in [0, 0.1) is 17.0 Å². The van der Waals surface area contributed by atoms with Gasteiger partial charge in [-0.25, -0.2) is 9.78 Å². The Labute approximate surface area is 133 Å². The lowest BCUT2D eigenvalue weighted by Crippen LogP contribution is -2.08. The fourth-order valence-corrected chi connectivity index (χ4v) is 2.01. The molecule has 0 radical (unpaired) electrons. The minimum atomic E-state index is -0.631. The van der Waals surface area contributed by atoms with Crippen LogP contribution >= 0.6 is 0 Å². The highest BCUT2D eigenvalue weighted by molar-refractivity contribution is 5.94. The van der Waals surface area contributed by atoms with Crippen LogP contribution in [0.4, 0.5) is 5.69 Å². The first-order chi connectivity index (χ1) is 11.0. The van der Waals surface area contributed by atoms with E-state index in [0.29, 0.717) is 5.69 Å². The molecule has 1 aromatic heterocycles. The van der Waals surface area contributed by atoms with E-state index in [1.165, 1.54) is 6.07 Å². The fourth-order valence-electron chi connectivity index (χ4n) is 2.01. The summed E-state index contributed by atoms with van der Waals surface area (Å²) in [5, 5.41) is 10.9. The van der Waals surface area contributed by atoms with Crippen molar-refractivity contribution >= 4 is 23.8 Å². The van der Waals surface area contributed by atoms with Crippen LogP contribution in [-0.4, -0.2) is 22.5 Å². The van der Waals surface area contributed by atoms with Gasteiger partial charge in [0.1, 0.15) is 6.20 Å². The van der Waals surface area contributed by atoms with Crippen LogP contribution in [0.15, 0.2) is 36.5 Å². The number of aromatic nitrogens is 1. The van der Waals surface area contributed by atoms with E-state index in [1.54, 1.807) is 13.0 Å². The Kier molecular flexibility index (Phi) is 5.19. The Morgan fingerprint density at radius 3 is 2.74 bits per heavy atom. The van der Waals surface area contributed by atoms with E-state index >= 15 is 0 Å². The Morgan fingerprint density at radius 2 is 2.09 bits per heavy atom. The number of rotatable bonds is 5. The molecule has 0 aliphatic heterocycles. The summed E-state index contributed by atoms with van der Waals surface area (Å²) < 4.78 is 4.94. The molecule has 0 N–H and O–H groups in total. The predicted molar refractivity (Wildman–Crippen MR) is 87.0 cm³/mol. The summed E-state index contributed by atoms with van der Waals surface area (Å²) in [7, 11) is 0. The first-order valence-corrected chi connectivity index (χ1v) is 7.08. The van der Waals surface area contributed by atoms with Crippen molar-refractivity contribution in [1.29, 1.82) is 0 Å². The summed E-state index contributed by atoms with van der Waals surface area (Å²) in [6.07, 6.45) is 4.59. The third-order valence-corrected chi connectivity index (χ3v) is 3.22. The molecule has 0 amide bonds. The Morgan fingerprint density at radius 1 is 1.35 bits per heavy atom. The second-order valence-electron chi connectivity index (χ2n) is 4.79. The second-order valence-corrected chi connectivity index (χ2v) is 4.79. The van der Waals surface area contributed by atoms with Crippen LogP contribution in [0.1, 0.15) is 34.1 Å². The fraction of sp³-hybridized carbons (Fsp3) is 0.176. The molecule has 0 fully saturated rings. The summed E-state index contributed by atoms with van der Waals surface area (Å²) in [5.41, 5.74) is 2.20. The van der Waals surface area contributed by atoms with E-state index in [2.05, 4.69) is 4.98 Å². The molecule has 118 valence electrons. The zero-order valence-corrected chi connectivity index (χ0v) is 12.9. The lowest BCUT2D eigenvalue weighted by atomic mass is 10.1. The first kappa shape index (κ1) is 16.4. The van der Waals surface area contributed by atoms with Gasteiger partial charge < -0.3 is 4.74 Å². The van der Waals surface area contributed by atoms with Crippen LogP contribution in [0.25, 0.3) is 12.2 Å². The summed E-state index contributed by atoms with van der Waals surface area (Å²) >= 11 is 0. The molecular formula is C17H16N2O4. The van der Waals surface area contributed by atoms with Crippen LogP contribution in [0.2, 0.25) is 0 Å². The minimum absolute atomic E-state index is 0.0749. The van der Waals surface area contributed by atoms with Gasteiger partial charge in [0.25, 0.3) is 5.69 Å². The summed E-state index contributed by atoms with van der Waals surface area (Å²) in [5.74, 6) is -0.631. The van der Waals surface area contributed by atoms with E-state index in [9.17, 15) is 14.9 Å². The molecule has 0 spiro atoms. The van der Waals surface area contributed by atoms with E-state index in [-0.39, 0.29) is 17.9 Å². The maximum atomic E-state index is 12.0. The molecular weight excluding hydrogens is 296 g/mol. The molecule has 0 bridgehead atoms. The third-order valence-electron chi connectivity index (χ3n) is 3.22. The molecule has 0 saturated carbocycles. The first-order valence-electron chi connectivity index (χ1n) is 7.08. The lowest BCUT2D eigenvalue weighted by molar-refractivity contribution is -0.385. The van der Waals surface area contributed by atoms with Gasteiger partial charge in [-0.2, -0.15) is 0 Å². The number of carbonyl (C=O) groups excluding carboxylic acids is 1. The van der Waals surface area contributed by atoms with Crippen molar-refractivity contribution in [2.75, 3.05) is 6.61 Å². The van der Waals surface area contributed by atoms with E-state index in [4.69, 9.17) is 4.74 Å². The van der Waals surface area contributed by atoms with Gasteiger partial charge in [-0.05, 0) is 31.1 Å². The zero-order chi connectivity index (χ0) is 16.8. The molecule has 0 unspecified atom stereocenters. The smallest absolute Gasteiger partial charge is 0.340 e. The largest absolute Gasteiger partial charge is 0.462 e. The van der Waals surface area contributed by atoms with Crippen molar-refractivity contribution < 1.29 is 14.5 Å². The van der Waals surface area contributed by atoms with E-state index < -0.39 is 10.9 Å². The molecule has 2 aromatic rings. The highest BCUT2D eigenvalue weighted by Crippen LogP contribution is 2.19. The molecule has 0 aliphatic carbocycles. The second kappa shape index (κ2) is 7.31. The molecule has 6 nitrogen and oxygen atoms in total. The van der Waals surface area contributed by atoms with Gasteiger partial charge in [0, 0.05) is 6.07 Å². The molecule has 0 aliphatic rings. The van der Waals surface area contributed by atoms with Crippen LogP contribution in [0.3, 0.4) is 0 Å². The molecule has 0 saturated heterocycles.